The van der Waals surface area contributed by atoms with Gasteiger partial charge in [-0.25, -0.2) is 8.78 Å². The molecule has 0 heterocycles. The highest BCUT2D eigenvalue weighted by atomic mass is 79.9. The smallest absolute Gasteiger partial charge is 0.173 e. The van der Waals surface area contributed by atoms with Gasteiger partial charge < -0.3 is 14.6 Å². The highest BCUT2D eigenvalue weighted by Gasteiger charge is 2.22. The number of hydrogen-bond donors (Lipinski definition) is 1. The molecule has 0 saturated heterocycles. The van der Waals surface area contributed by atoms with Crippen molar-refractivity contribution in [2.45, 2.75) is 6.10 Å². The summed E-state index contributed by atoms with van der Waals surface area (Å²) in [5.41, 5.74) is 0.587. The lowest BCUT2D eigenvalue weighted by Crippen LogP contribution is -2.05. The fourth-order valence-electron chi connectivity index (χ4n) is 1.97. The molecule has 1 unspecified atom stereocenters. The predicted molar refractivity (Wildman–Crippen MR) is 77.7 cm³/mol. The van der Waals surface area contributed by atoms with Crippen molar-refractivity contribution in [1.29, 1.82) is 0 Å². The third kappa shape index (κ3) is 3.01. The van der Waals surface area contributed by atoms with Crippen molar-refractivity contribution >= 4 is 15.9 Å². The molecule has 0 aliphatic rings. The van der Waals surface area contributed by atoms with Gasteiger partial charge in [-0.2, -0.15) is 0 Å². The fraction of sp³-hybridized carbons (Fsp3) is 0.200. The molecule has 1 N–H and O–H groups in total. The minimum atomic E-state index is -1.19. The van der Waals surface area contributed by atoms with Gasteiger partial charge in [0, 0.05) is 11.1 Å². The summed E-state index contributed by atoms with van der Waals surface area (Å²) in [6.07, 6.45) is -1.19. The molecular formula is C15H13BrF2O3. The standard InChI is InChI=1S/C15H13BrF2O3/c1-20-8-3-6-12(21-2)10(7-8)15(19)9-4-5-11(17)14(18)13(9)16/h3-7,15,19H,1-2H3. The molecule has 0 spiro atoms. The van der Waals surface area contributed by atoms with E-state index < -0.39 is 17.7 Å². The third-order valence-corrected chi connectivity index (χ3v) is 3.90. The largest absolute Gasteiger partial charge is 0.497 e. The van der Waals surface area contributed by atoms with Gasteiger partial charge in [-0.15, -0.1) is 0 Å². The Morgan fingerprint density at radius 1 is 1.05 bits per heavy atom. The summed E-state index contributed by atoms with van der Waals surface area (Å²) >= 11 is 2.96. The summed E-state index contributed by atoms with van der Waals surface area (Å²) < 4.78 is 36.9. The number of halogens is 3. The number of aliphatic hydroxyl groups is 1. The number of aliphatic hydroxyl groups excluding tert-OH is 1. The topological polar surface area (TPSA) is 38.7 Å². The highest BCUT2D eigenvalue weighted by molar-refractivity contribution is 9.10. The Labute approximate surface area is 129 Å². The van der Waals surface area contributed by atoms with Crippen molar-refractivity contribution in [1.82, 2.24) is 0 Å². The summed E-state index contributed by atoms with van der Waals surface area (Å²) in [5.74, 6) is -1.10. The van der Waals surface area contributed by atoms with Crippen LogP contribution in [-0.2, 0) is 0 Å². The third-order valence-electron chi connectivity index (χ3n) is 3.09. The van der Waals surface area contributed by atoms with Gasteiger partial charge >= 0.3 is 0 Å². The lowest BCUT2D eigenvalue weighted by atomic mass is 10.00. The average Bonchev–Trinajstić information content (AvgIpc) is 2.51. The van der Waals surface area contributed by atoms with E-state index in [2.05, 4.69) is 15.9 Å². The van der Waals surface area contributed by atoms with E-state index in [1.807, 2.05) is 0 Å². The maximum atomic E-state index is 13.6. The molecule has 3 nitrogen and oxygen atoms in total. The molecule has 2 rings (SSSR count). The van der Waals surface area contributed by atoms with E-state index in [-0.39, 0.29) is 10.0 Å². The molecule has 112 valence electrons. The van der Waals surface area contributed by atoms with E-state index in [9.17, 15) is 13.9 Å². The first-order valence-electron chi connectivity index (χ1n) is 6.03. The molecule has 0 fully saturated rings. The van der Waals surface area contributed by atoms with Gasteiger partial charge in [-0.3, -0.25) is 0 Å². The van der Waals surface area contributed by atoms with Crippen LogP contribution < -0.4 is 9.47 Å². The van der Waals surface area contributed by atoms with Crippen LogP contribution in [0.15, 0.2) is 34.8 Å². The van der Waals surface area contributed by atoms with Crippen molar-refractivity contribution in [3.8, 4) is 11.5 Å². The summed E-state index contributed by atoms with van der Waals surface area (Å²) in [6.45, 7) is 0. The van der Waals surface area contributed by atoms with Crippen molar-refractivity contribution in [2.75, 3.05) is 14.2 Å². The zero-order valence-corrected chi connectivity index (χ0v) is 12.9. The molecule has 0 saturated carbocycles. The summed E-state index contributed by atoms with van der Waals surface area (Å²) in [5, 5.41) is 10.5. The van der Waals surface area contributed by atoms with Crippen molar-refractivity contribution in [3.63, 3.8) is 0 Å². The van der Waals surface area contributed by atoms with Gasteiger partial charge in [0.15, 0.2) is 11.6 Å². The van der Waals surface area contributed by atoms with Crippen molar-refractivity contribution in [2.24, 2.45) is 0 Å². The highest BCUT2D eigenvalue weighted by Crippen LogP contribution is 2.37. The van der Waals surface area contributed by atoms with E-state index in [0.29, 0.717) is 17.1 Å². The summed E-state index contributed by atoms with van der Waals surface area (Å²) in [4.78, 5) is 0. The summed E-state index contributed by atoms with van der Waals surface area (Å²) in [6, 6.07) is 7.16. The predicted octanol–water partition coefficient (Wildman–Crippen LogP) is 3.83. The summed E-state index contributed by atoms with van der Waals surface area (Å²) in [7, 11) is 2.95. The van der Waals surface area contributed by atoms with E-state index in [4.69, 9.17) is 9.47 Å². The number of methoxy groups -OCH3 is 2. The Morgan fingerprint density at radius 2 is 1.76 bits per heavy atom. The lowest BCUT2D eigenvalue weighted by Gasteiger charge is -2.17. The number of benzene rings is 2. The van der Waals surface area contributed by atoms with Crippen LogP contribution in [0.1, 0.15) is 17.2 Å². The van der Waals surface area contributed by atoms with Crippen LogP contribution >= 0.6 is 15.9 Å². The fourth-order valence-corrected chi connectivity index (χ4v) is 2.51. The van der Waals surface area contributed by atoms with Crippen LogP contribution in [0.5, 0.6) is 11.5 Å². The van der Waals surface area contributed by atoms with E-state index >= 15 is 0 Å². The van der Waals surface area contributed by atoms with E-state index in [0.717, 1.165) is 6.07 Å². The molecule has 0 radical (unpaired) electrons. The van der Waals surface area contributed by atoms with E-state index in [1.54, 1.807) is 18.2 Å². The second-order valence-electron chi connectivity index (χ2n) is 4.27. The van der Waals surface area contributed by atoms with Crippen molar-refractivity contribution in [3.05, 3.63) is 57.6 Å². The first-order chi connectivity index (χ1) is 9.99. The molecule has 1 atom stereocenters. The maximum absolute atomic E-state index is 13.6. The molecule has 0 aliphatic carbocycles. The van der Waals surface area contributed by atoms with E-state index in [1.165, 1.54) is 20.3 Å². The quantitative estimate of drug-likeness (QED) is 0.844. The number of rotatable bonds is 4. The molecule has 0 aromatic heterocycles. The zero-order valence-electron chi connectivity index (χ0n) is 11.4. The minimum Gasteiger partial charge on any atom is -0.497 e. The van der Waals surface area contributed by atoms with Crippen LogP contribution in [-0.4, -0.2) is 19.3 Å². The Morgan fingerprint density at radius 3 is 2.38 bits per heavy atom. The van der Waals surface area contributed by atoms with Crippen LogP contribution in [0.4, 0.5) is 8.78 Å². The zero-order chi connectivity index (χ0) is 15.6. The van der Waals surface area contributed by atoms with Crippen molar-refractivity contribution < 1.29 is 23.4 Å². The first-order valence-corrected chi connectivity index (χ1v) is 6.82. The normalized spacial score (nSPS) is 12.1. The van der Waals surface area contributed by atoms with Crippen LogP contribution in [0.25, 0.3) is 0 Å². The van der Waals surface area contributed by atoms with Gasteiger partial charge in [0.1, 0.15) is 17.6 Å². The van der Waals surface area contributed by atoms with Gasteiger partial charge in [0.25, 0.3) is 0 Å². The molecule has 21 heavy (non-hydrogen) atoms. The molecule has 0 bridgehead atoms. The Kier molecular flexibility index (Phi) is 4.80. The SMILES string of the molecule is COc1ccc(OC)c(C(O)c2ccc(F)c(F)c2Br)c1. The maximum Gasteiger partial charge on any atom is 0.173 e. The molecule has 6 heteroatoms. The van der Waals surface area contributed by atoms with Crippen LogP contribution in [0.2, 0.25) is 0 Å². The van der Waals surface area contributed by atoms with Gasteiger partial charge in [-0.05, 0) is 40.2 Å². The minimum absolute atomic E-state index is 0.125. The molecule has 2 aromatic rings. The number of ether oxygens (including phenoxy) is 2. The van der Waals surface area contributed by atoms with Gasteiger partial charge in [0.05, 0.1) is 18.7 Å². The first kappa shape index (κ1) is 15.7. The molecule has 0 aliphatic heterocycles. The number of hydrogen-bond acceptors (Lipinski definition) is 3. The van der Waals surface area contributed by atoms with Gasteiger partial charge in [0.2, 0.25) is 0 Å². The van der Waals surface area contributed by atoms with Crippen LogP contribution in [0.3, 0.4) is 0 Å². The lowest BCUT2D eigenvalue weighted by molar-refractivity contribution is 0.212. The molecular weight excluding hydrogens is 346 g/mol. The Hall–Kier alpha value is -1.66. The second kappa shape index (κ2) is 6.41. The van der Waals surface area contributed by atoms with Crippen LogP contribution in [0, 0.1) is 11.6 Å². The Bertz CT molecular complexity index is 662. The second-order valence-corrected chi connectivity index (χ2v) is 5.07. The average molecular weight is 359 g/mol. The molecule has 2 aromatic carbocycles. The Balaban J connectivity index is 2.54. The monoisotopic (exact) mass is 358 g/mol. The van der Waals surface area contributed by atoms with Gasteiger partial charge in [-0.1, -0.05) is 6.07 Å². The molecule has 0 amide bonds.